The lowest BCUT2D eigenvalue weighted by molar-refractivity contribution is -0.0553. The molecular formula is C29H32F2N2O3S. The molecule has 196 valence electrons. The molecule has 3 aromatic rings. The van der Waals surface area contributed by atoms with Crippen molar-refractivity contribution in [1.29, 1.82) is 0 Å². The van der Waals surface area contributed by atoms with Crippen LogP contribution in [0, 0.1) is 25.5 Å². The average molecular weight is 527 g/mol. The molecule has 2 heterocycles. The quantitative estimate of drug-likeness (QED) is 0.516. The Morgan fingerprint density at radius 2 is 1.65 bits per heavy atom. The Kier molecular flexibility index (Phi) is 7.20. The van der Waals surface area contributed by atoms with Gasteiger partial charge in [0.15, 0.2) is 11.6 Å². The number of fused-ring (bicyclic) bond motifs is 1. The topological polar surface area (TPSA) is 60.9 Å². The van der Waals surface area contributed by atoms with Crippen molar-refractivity contribution in [3.63, 3.8) is 0 Å². The molecule has 0 radical (unpaired) electrons. The summed E-state index contributed by atoms with van der Waals surface area (Å²) < 4.78 is 56.6. The van der Waals surface area contributed by atoms with Crippen LogP contribution in [0.4, 0.5) is 8.78 Å². The summed E-state index contributed by atoms with van der Waals surface area (Å²) in [5.41, 5.74) is 3.38. The third-order valence-corrected chi connectivity index (χ3v) is 10.0. The van der Waals surface area contributed by atoms with Crippen LogP contribution in [0.1, 0.15) is 35.4 Å². The van der Waals surface area contributed by atoms with Crippen LogP contribution in [-0.4, -0.2) is 61.1 Å². The van der Waals surface area contributed by atoms with Gasteiger partial charge in [0.25, 0.3) is 0 Å². The van der Waals surface area contributed by atoms with Crippen LogP contribution in [0.15, 0.2) is 65.6 Å². The van der Waals surface area contributed by atoms with E-state index in [1.807, 2.05) is 43.3 Å². The number of aliphatic hydroxyl groups is 1. The van der Waals surface area contributed by atoms with Gasteiger partial charge in [-0.2, -0.15) is 4.31 Å². The van der Waals surface area contributed by atoms with Crippen molar-refractivity contribution in [2.24, 2.45) is 0 Å². The van der Waals surface area contributed by atoms with Crippen molar-refractivity contribution in [3.05, 3.63) is 89.0 Å². The Hall–Kier alpha value is -2.65. The van der Waals surface area contributed by atoms with Crippen molar-refractivity contribution in [3.8, 4) is 11.1 Å². The molecule has 2 aliphatic rings. The predicted molar refractivity (Wildman–Crippen MR) is 140 cm³/mol. The van der Waals surface area contributed by atoms with Gasteiger partial charge in [-0.1, -0.05) is 48.5 Å². The van der Waals surface area contributed by atoms with Gasteiger partial charge in [0, 0.05) is 31.1 Å². The molecule has 0 amide bonds. The number of sulfonamides is 1. The Morgan fingerprint density at radius 1 is 0.946 bits per heavy atom. The zero-order chi connectivity index (χ0) is 26.3. The molecule has 0 spiro atoms. The molecule has 2 fully saturated rings. The molecule has 3 aromatic carbocycles. The molecule has 5 rings (SSSR count). The second kappa shape index (κ2) is 10.3. The maximum Gasteiger partial charge on any atom is 0.243 e. The highest BCUT2D eigenvalue weighted by Crippen LogP contribution is 2.43. The predicted octanol–water partition coefficient (Wildman–Crippen LogP) is 4.86. The molecular weight excluding hydrogens is 494 g/mol. The van der Waals surface area contributed by atoms with Gasteiger partial charge in [-0.25, -0.2) is 17.2 Å². The molecule has 2 saturated heterocycles. The number of aryl methyl sites for hydroxylation is 1. The van der Waals surface area contributed by atoms with Crippen LogP contribution in [0.5, 0.6) is 0 Å². The SMILES string of the molecule is Cc1ccccc1S(=O)(=O)N1CCCCN2[C@H](CO)C(c3ccc(-c4ccc(F)c(F)c4C)cc3)[C@@H]2C1. The summed E-state index contributed by atoms with van der Waals surface area (Å²) in [6.07, 6.45) is 1.62. The van der Waals surface area contributed by atoms with E-state index < -0.39 is 21.7 Å². The number of halogens is 2. The Morgan fingerprint density at radius 3 is 2.35 bits per heavy atom. The highest BCUT2D eigenvalue weighted by Gasteiger charge is 2.50. The van der Waals surface area contributed by atoms with E-state index in [9.17, 15) is 22.3 Å². The molecule has 8 heteroatoms. The van der Waals surface area contributed by atoms with Crippen molar-refractivity contribution in [2.75, 3.05) is 26.2 Å². The number of rotatable bonds is 5. The molecule has 0 bridgehead atoms. The van der Waals surface area contributed by atoms with Crippen LogP contribution >= 0.6 is 0 Å². The maximum atomic E-state index is 14.1. The second-order valence-electron chi connectivity index (χ2n) is 10.1. The van der Waals surface area contributed by atoms with E-state index in [2.05, 4.69) is 4.90 Å². The summed E-state index contributed by atoms with van der Waals surface area (Å²) >= 11 is 0. The van der Waals surface area contributed by atoms with Crippen molar-refractivity contribution >= 4 is 10.0 Å². The smallest absolute Gasteiger partial charge is 0.243 e. The van der Waals surface area contributed by atoms with Gasteiger partial charge in [-0.15, -0.1) is 0 Å². The Balaban J connectivity index is 1.44. The fourth-order valence-electron chi connectivity index (χ4n) is 5.96. The van der Waals surface area contributed by atoms with E-state index in [4.69, 9.17) is 0 Å². The minimum absolute atomic E-state index is 0.0181. The molecule has 0 aliphatic carbocycles. The molecule has 1 unspecified atom stereocenters. The van der Waals surface area contributed by atoms with Gasteiger partial charge < -0.3 is 5.11 Å². The lowest BCUT2D eigenvalue weighted by Gasteiger charge is -2.57. The lowest BCUT2D eigenvalue weighted by atomic mass is 9.74. The molecule has 1 N–H and O–H groups in total. The van der Waals surface area contributed by atoms with Gasteiger partial charge in [0.05, 0.1) is 11.5 Å². The van der Waals surface area contributed by atoms with Gasteiger partial charge in [-0.3, -0.25) is 4.90 Å². The first-order valence-corrected chi connectivity index (χ1v) is 14.2. The summed E-state index contributed by atoms with van der Waals surface area (Å²) in [7, 11) is -3.66. The largest absolute Gasteiger partial charge is 0.395 e. The monoisotopic (exact) mass is 526 g/mol. The summed E-state index contributed by atoms with van der Waals surface area (Å²) in [4.78, 5) is 2.57. The first-order valence-electron chi connectivity index (χ1n) is 12.7. The third kappa shape index (κ3) is 4.61. The average Bonchev–Trinajstić information content (AvgIpc) is 2.87. The number of aliphatic hydroxyl groups excluding tert-OH is 1. The summed E-state index contributed by atoms with van der Waals surface area (Å²) in [5, 5.41) is 10.2. The van der Waals surface area contributed by atoms with Crippen molar-refractivity contribution in [2.45, 2.75) is 49.6 Å². The zero-order valence-electron chi connectivity index (χ0n) is 21.1. The summed E-state index contributed by atoms with van der Waals surface area (Å²) in [6, 6.07) is 17.3. The third-order valence-electron chi connectivity index (χ3n) is 7.99. The summed E-state index contributed by atoms with van der Waals surface area (Å²) in [5.74, 6) is -1.76. The minimum Gasteiger partial charge on any atom is -0.395 e. The molecule has 37 heavy (non-hydrogen) atoms. The van der Waals surface area contributed by atoms with E-state index in [0.29, 0.717) is 23.5 Å². The summed E-state index contributed by atoms with van der Waals surface area (Å²) in [6.45, 7) is 4.99. The fraction of sp³-hybridized carbons (Fsp3) is 0.379. The van der Waals surface area contributed by atoms with Gasteiger partial charge in [0.1, 0.15) is 0 Å². The number of benzene rings is 3. The van der Waals surface area contributed by atoms with Crippen LogP contribution in [0.2, 0.25) is 0 Å². The van der Waals surface area contributed by atoms with Gasteiger partial charge in [0.2, 0.25) is 10.0 Å². The van der Waals surface area contributed by atoms with Gasteiger partial charge >= 0.3 is 0 Å². The minimum atomic E-state index is -3.66. The number of hydrogen-bond acceptors (Lipinski definition) is 4. The maximum absolute atomic E-state index is 14.1. The molecule has 5 nitrogen and oxygen atoms in total. The van der Waals surface area contributed by atoms with E-state index in [1.165, 1.54) is 0 Å². The Labute approximate surface area is 217 Å². The van der Waals surface area contributed by atoms with E-state index in [-0.39, 0.29) is 30.2 Å². The van der Waals surface area contributed by atoms with Crippen LogP contribution < -0.4 is 0 Å². The highest BCUT2D eigenvalue weighted by atomic mass is 32.2. The van der Waals surface area contributed by atoms with E-state index in [0.717, 1.165) is 42.1 Å². The first kappa shape index (κ1) is 26.0. The fourth-order valence-corrected chi connectivity index (χ4v) is 7.68. The molecule has 0 saturated carbocycles. The van der Waals surface area contributed by atoms with Crippen LogP contribution in [0.25, 0.3) is 11.1 Å². The van der Waals surface area contributed by atoms with Crippen molar-refractivity contribution in [1.82, 2.24) is 9.21 Å². The van der Waals surface area contributed by atoms with E-state index in [1.54, 1.807) is 29.4 Å². The standard InChI is InChI=1S/C29H32F2N2O3S/c1-19-7-3-4-8-27(19)37(35,36)32-15-5-6-16-33-25(17-32)28(26(33)18-34)22-11-9-21(10-12-22)23-13-14-24(30)29(31)20(23)2/h3-4,7-14,25-26,28,34H,5-6,15-18H2,1-2H3/t25-,26+,28?/m0/s1. The van der Waals surface area contributed by atoms with Crippen LogP contribution in [0.3, 0.4) is 0 Å². The molecule has 2 aliphatic heterocycles. The number of nitrogens with zero attached hydrogens (tertiary/aromatic N) is 2. The molecule has 0 aromatic heterocycles. The Bertz CT molecular complexity index is 1390. The number of hydrogen-bond donors (Lipinski definition) is 1. The first-order chi connectivity index (χ1) is 17.7. The van der Waals surface area contributed by atoms with Crippen LogP contribution in [-0.2, 0) is 10.0 Å². The highest BCUT2D eigenvalue weighted by molar-refractivity contribution is 7.89. The second-order valence-corrected chi connectivity index (χ2v) is 12.0. The lowest BCUT2D eigenvalue weighted by Crippen LogP contribution is -2.67. The van der Waals surface area contributed by atoms with Gasteiger partial charge in [-0.05, 0) is 73.2 Å². The molecule has 3 atom stereocenters. The normalized spacial score (nSPS) is 23.1. The van der Waals surface area contributed by atoms with E-state index >= 15 is 0 Å². The zero-order valence-corrected chi connectivity index (χ0v) is 21.9. The van der Waals surface area contributed by atoms with Crippen molar-refractivity contribution < 1.29 is 22.3 Å².